The van der Waals surface area contributed by atoms with Gasteiger partial charge in [-0.05, 0) is 38.9 Å². The number of alkyl halides is 1. The minimum Gasteiger partial charge on any atom is -0.489 e. The van der Waals surface area contributed by atoms with Crippen molar-refractivity contribution in [2.45, 2.75) is 38.6 Å². The second-order valence-corrected chi connectivity index (χ2v) is 7.60. The standard InChI is InChI=1S/C20H23ClFN5O/c1-12(2)28-18-8-20-24-10-17(27(20)11-13(18)21)15-4-3-5-19(25-15)26-16-9-23-7-6-14(16)22/h3-5,8,10-12,14,16,23H,6-7,9H2,1-2H3,(H,25,26)/t14-,16-/m0/s1. The van der Waals surface area contributed by atoms with Gasteiger partial charge >= 0.3 is 0 Å². The summed E-state index contributed by atoms with van der Waals surface area (Å²) in [6, 6.07) is 7.16. The van der Waals surface area contributed by atoms with Crippen LogP contribution in [0.5, 0.6) is 5.75 Å². The lowest BCUT2D eigenvalue weighted by atomic mass is 10.1. The highest BCUT2D eigenvalue weighted by atomic mass is 35.5. The topological polar surface area (TPSA) is 63.5 Å². The zero-order valence-corrected chi connectivity index (χ0v) is 16.6. The highest BCUT2D eigenvalue weighted by Gasteiger charge is 2.24. The Morgan fingerprint density at radius 3 is 3.04 bits per heavy atom. The smallest absolute Gasteiger partial charge is 0.143 e. The molecule has 0 amide bonds. The third-order valence-electron chi connectivity index (χ3n) is 4.67. The Labute approximate surface area is 168 Å². The average molecular weight is 404 g/mol. The Kier molecular flexibility index (Phi) is 5.37. The first-order chi connectivity index (χ1) is 13.5. The van der Waals surface area contributed by atoms with Gasteiger partial charge in [0.2, 0.25) is 0 Å². The number of hydrogen-bond acceptors (Lipinski definition) is 5. The molecule has 6 nitrogen and oxygen atoms in total. The zero-order valence-electron chi connectivity index (χ0n) is 15.8. The Morgan fingerprint density at radius 1 is 1.39 bits per heavy atom. The molecular weight excluding hydrogens is 381 g/mol. The molecule has 4 rings (SSSR count). The van der Waals surface area contributed by atoms with E-state index in [1.807, 2.05) is 42.5 Å². The van der Waals surface area contributed by atoms with Crippen LogP contribution in [0.3, 0.4) is 0 Å². The molecule has 0 unspecified atom stereocenters. The normalized spacial score (nSPS) is 19.9. The first kappa shape index (κ1) is 19.0. The molecule has 1 aliphatic rings. The number of pyridine rings is 2. The second-order valence-electron chi connectivity index (χ2n) is 7.19. The van der Waals surface area contributed by atoms with Crippen molar-refractivity contribution in [1.29, 1.82) is 0 Å². The van der Waals surface area contributed by atoms with Gasteiger partial charge in [0, 0.05) is 18.8 Å². The second kappa shape index (κ2) is 7.93. The van der Waals surface area contributed by atoms with Gasteiger partial charge in [0.25, 0.3) is 0 Å². The van der Waals surface area contributed by atoms with Gasteiger partial charge in [-0.15, -0.1) is 0 Å². The van der Waals surface area contributed by atoms with Crippen LogP contribution in [0.15, 0.2) is 36.7 Å². The lowest BCUT2D eigenvalue weighted by Gasteiger charge is -2.28. The first-order valence-electron chi connectivity index (χ1n) is 9.43. The molecule has 1 fully saturated rings. The lowest BCUT2D eigenvalue weighted by molar-refractivity contribution is 0.241. The van der Waals surface area contributed by atoms with Crippen molar-refractivity contribution in [1.82, 2.24) is 19.7 Å². The molecule has 0 radical (unpaired) electrons. The number of fused-ring (bicyclic) bond motifs is 1. The van der Waals surface area contributed by atoms with Crippen LogP contribution in [0.25, 0.3) is 17.0 Å². The molecule has 1 saturated heterocycles. The summed E-state index contributed by atoms with van der Waals surface area (Å²) in [6.45, 7) is 5.18. The third kappa shape index (κ3) is 3.91. The van der Waals surface area contributed by atoms with Gasteiger partial charge in [-0.2, -0.15) is 0 Å². The summed E-state index contributed by atoms with van der Waals surface area (Å²) in [4.78, 5) is 9.11. The molecule has 148 valence electrons. The molecule has 0 spiro atoms. The highest BCUT2D eigenvalue weighted by molar-refractivity contribution is 6.32. The van der Waals surface area contributed by atoms with E-state index in [0.717, 1.165) is 17.0 Å². The summed E-state index contributed by atoms with van der Waals surface area (Å²) < 4.78 is 21.7. The van der Waals surface area contributed by atoms with Gasteiger partial charge in [-0.25, -0.2) is 14.4 Å². The number of imidazole rings is 1. The van der Waals surface area contributed by atoms with Crippen molar-refractivity contribution in [3.05, 3.63) is 41.7 Å². The SMILES string of the molecule is CC(C)Oc1cc2ncc(-c3cccc(N[C@H]4CNCC[C@@H]4F)n3)n2cc1Cl. The van der Waals surface area contributed by atoms with E-state index in [2.05, 4.69) is 20.6 Å². The van der Waals surface area contributed by atoms with Crippen molar-refractivity contribution in [3.8, 4) is 17.1 Å². The number of anilines is 1. The summed E-state index contributed by atoms with van der Waals surface area (Å²) in [5.41, 5.74) is 2.25. The van der Waals surface area contributed by atoms with Gasteiger partial charge in [0.1, 0.15) is 23.4 Å². The van der Waals surface area contributed by atoms with Crippen LogP contribution in [-0.4, -0.2) is 45.8 Å². The number of halogens is 2. The van der Waals surface area contributed by atoms with Crippen molar-refractivity contribution >= 4 is 23.1 Å². The van der Waals surface area contributed by atoms with Gasteiger partial charge in [-0.3, -0.25) is 4.40 Å². The van der Waals surface area contributed by atoms with Crippen LogP contribution >= 0.6 is 11.6 Å². The van der Waals surface area contributed by atoms with E-state index in [1.165, 1.54) is 0 Å². The molecule has 28 heavy (non-hydrogen) atoms. The summed E-state index contributed by atoms with van der Waals surface area (Å²) in [5.74, 6) is 1.23. The number of nitrogens with zero attached hydrogens (tertiary/aromatic N) is 3. The van der Waals surface area contributed by atoms with Crippen molar-refractivity contribution in [3.63, 3.8) is 0 Å². The summed E-state index contributed by atoms with van der Waals surface area (Å²) in [7, 11) is 0. The Hall–Kier alpha value is -2.38. The molecule has 1 aliphatic heterocycles. The molecule has 2 atom stereocenters. The highest BCUT2D eigenvalue weighted by Crippen LogP contribution is 2.30. The van der Waals surface area contributed by atoms with Crippen LogP contribution < -0.4 is 15.4 Å². The van der Waals surface area contributed by atoms with Gasteiger partial charge in [-0.1, -0.05) is 17.7 Å². The fourth-order valence-corrected chi connectivity index (χ4v) is 3.53. The maximum absolute atomic E-state index is 14.1. The van der Waals surface area contributed by atoms with E-state index in [0.29, 0.717) is 36.1 Å². The Bertz CT molecular complexity index is 976. The number of hydrogen-bond donors (Lipinski definition) is 2. The number of rotatable bonds is 5. The van der Waals surface area contributed by atoms with Crippen LogP contribution in [0.2, 0.25) is 5.02 Å². The van der Waals surface area contributed by atoms with E-state index in [-0.39, 0.29) is 12.1 Å². The van der Waals surface area contributed by atoms with Crippen molar-refractivity contribution < 1.29 is 9.13 Å². The predicted octanol–water partition coefficient (Wildman–Crippen LogP) is 3.95. The molecule has 0 bridgehead atoms. The molecule has 4 heterocycles. The molecule has 0 aromatic carbocycles. The fourth-order valence-electron chi connectivity index (χ4n) is 3.33. The number of nitrogens with one attached hydrogen (secondary N) is 2. The maximum atomic E-state index is 14.1. The fraction of sp³-hybridized carbons (Fsp3) is 0.400. The van der Waals surface area contributed by atoms with Crippen LogP contribution in [0, 0.1) is 0 Å². The Morgan fingerprint density at radius 2 is 2.25 bits per heavy atom. The van der Waals surface area contributed by atoms with Gasteiger partial charge < -0.3 is 15.4 Å². The molecule has 0 saturated carbocycles. The number of piperidine rings is 1. The van der Waals surface area contributed by atoms with E-state index in [4.69, 9.17) is 16.3 Å². The molecule has 3 aromatic heterocycles. The average Bonchev–Trinajstić information content (AvgIpc) is 3.06. The van der Waals surface area contributed by atoms with Crippen LogP contribution in [0.4, 0.5) is 10.2 Å². The molecule has 2 N–H and O–H groups in total. The minimum absolute atomic E-state index is 0.0208. The Balaban J connectivity index is 1.64. The van der Waals surface area contributed by atoms with E-state index in [1.54, 1.807) is 12.4 Å². The monoisotopic (exact) mass is 403 g/mol. The van der Waals surface area contributed by atoms with Crippen LogP contribution in [0.1, 0.15) is 20.3 Å². The molecular formula is C20H23ClFN5O. The number of aromatic nitrogens is 3. The predicted molar refractivity (Wildman–Crippen MR) is 109 cm³/mol. The number of ether oxygens (including phenoxy) is 1. The minimum atomic E-state index is -0.888. The zero-order chi connectivity index (χ0) is 19.7. The third-order valence-corrected chi connectivity index (χ3v) is 4.95. The quantitative estimate of drug-likeness (QED) is 0.675. The molecule has 8 heteroatoms. The van der Waals surface area contributed by atoms with E-state index < -0.39 is 6.17 Å². The van der Waals surface area contributed by atoms with Crippen molar-refractivity contribution in [2.24, 2.45) is 0 Å². The summed E-state index contributed by atoms with van der Waals surface area (Å²) >= 11 is 6.38. The van der Waals surface area contributed by atoms with E-state index in [9.17, 15) is 4.39 Å². The van der Waals surface area contributed by atoms with E-state index >= 15 is 0 Å². The van der Waals surface area contributed by atoms with Crippen LogP contribution in [-0.2, 0) is 0 Å². The molecule has 0 aliphatic carbocycles. The largest absolute Gasteiger partial charge is 0.489 e. The summed E-state index contributed by atoms with van der Waals surface area (Å²) in [6.07, 6.45) is 3.16. The van der Waals surface area contributed by atoms with Gasteiger partial charge in [0.15, 0.2) is 0 Å². The van der Waals surface area contributed by atoms with Gasteiger partial charge in [0.05, 0.1) is 34.8 Å². The van der Waals surface area contributed by atoms with Crippen molar-refractivity contribution in [2.75, 3.05) is 18.4 Å². The molecule has 3 aromatic rings. The first-order valence-corrected chi connectivity index (χ1v) is 9.81. The maximum Gasteiger partial charge on any atom is 0.143 e. The summed E-state index contributed by atoms with van der Waals surface area (Å²) in [5, 5.41) is 6.91. The lowest BCUT2D eigenvalue weighted by Crippen LogP contribution is -2.46.